The molecule has 9 nitrogen and oxygen atoms in total. The van der Waals surface area contributed by atoms with Crippen LogP contribution in [0.3, 0.4) is 0 Å². The number of hydrogen-bond acceptors (Lipinski definition) is 9. The Hall–Kier alpha value is -2.57. The number of amides is 1. The van der Waals surface area contributed by atoms with Gasteiger partial charge in [-0.1, -0.05) is 54.3 Å². The highest BCUT2D eigenvalue weighted by atomic mass is 32.2. The number of carbonyl (C=O) groups excluding carboxylic acids is 1. The van der Waals surface area contributed by atoms with Crippen LogP contribution >= 0.6 is 23.1 Å². The lowest BCUT2D eigenvalue weighted by Crippen LogP contribution is -2.23. The van der Waals surface area contributed by atoms with E-state index in [1.165, 1.54) is 23.1 Å². The first-order valence-electron chi connectivity index (χ1n) is 9.44. The summed E-state index contributed by atoms with van der Waals surface area (Å²) in [6.07, 6.45) is 2.38. The molecular formula is C19H22N6O3S3. The SMILES string of the molecule is C=CCn1c(CS(=O)(=O)c2ccccc2)nnc1SC(C)C(=O)Nc1nnc(CC)s1. The Labute approximate surface area is 188 Å². The zero-order chi connectivity index (χ0) is 22.4. The first-order valence-corrected chi connectivity index (χ1v) is 12.8. The number of carbonyl (C=O) groups is 1. The van der Waals surface area contributed by atoms with Gasteiger partial charge in [-0.25, -0.2) is 8.42 Å². The van der Waals surface area contributed by atoms with E-state index in [0.717, 1.165) is 11.4 Å². The minimum atomic E-state index is -3.59. The van der Waals surface area contributed by atoms with Crippen molar-refractivity contribution in [3.05, 3.63) is 53.8 Å². The van der Waals surface area contributed by atoms with E-state index in [1.54, 1.807) is 47.9 Å². The van der Waals surface area contributed by atoms with Crippen LogP contribution in [0, 0.1) is 0 Å². The molecule has 1 aromatic carbocycles. The van der Waals surface area contributed by atoms with Gasteiger partial charge in [0.2, 0.25) is 11.0 Å². The van der Waals surface area contributed by atoms with E-state index in [2.05, 4.69) is 32.3 Å². The second kappa shape index (κ2) is 10.2. The first kappa shape index (κ1) is 23.1. The van der Waals surface area contributed by atoms with Gasteiger partial charge in [0.15, 0.2) is 15.0 Å². The monoisotopic (exact) mass is 478 g/mol. The molecule has 1 amide bonds. The lowest BCUT2D eigenvalue weighted by atomic mass is 10.4. The number of nitrogens with zero attached hydrogens (tertiary/aromatic N) is 5. The maximum atomic E-state index is 12.7. The van der Waals surface area contributed by atoms with Crippen molar-refractivity contribution in [2.75, 3.05) is 5.32 Å². The summed E-state index contributed by atoms with van der Waals surface area (Å²) in [4.78, 5) is 12.8. The Morgan fingerprint density at radius 3 is 2.65 bits per heavy atom. The minimum Gasteiger partial charge on any atom is -0.301 e. The maximum Gasteiger partial charge on any atom is 0.239 e. The fraction of sp³-hybridized carbons (Fsp3) is 0.316. The van der Waals surface area contributed by atoms with E-state index < -0.39 is 15.1 Å². The van der Waals surface area contributed by atoms with Crippen molar-refractivity contribution >= 4 is 44.0 Å². The van der Waals surface area contributed by atoms with Crippen LogP contribution in [-0.4, -0.2) is 44.5 Å². The molecular weight excluding hydrogens is 456 g/mol. The number of aryl methyl sites for hydroxylation is 1. The summed E-state index contributed by atoms with van der Waals surface area (Å²) < 4.78 is 27.1. The Kier molecular flexibility index (Phi) is 7.57. The van der Waals surface area contributed by atoms with Crippen molar-refractivity contribution in [2.24, 2.45) is 0 Å². The molecule has 0 aliphatic carbocycles. The predicted molar refractivity (Wildman–Crippen MR) is 121 cm³/mol. The molecule has 0 bridgehead atoms. The van der Waals surface area contributed by atoms with Crippen LogP contribution in [0.2, 0.25) is 0 Å². The summed E-state index contributed by atoms with van der Waals surface area (Å²) in [7, 11) is -3.59. The van der Waals surface area contributed by atoms with Crippen molar-refractivity contribution in [1.82, 2.24) is 25.0 Å². The first-order chi connectivity index (χ1) is 14.8. The highest BCUT2D eigenvalue weighted by Crippen LogP contribution is 2.26. The van der Waals surface area contributed by atoms with Gasteiger partial charge in [-0.3, -0.25) is 10.1 Å². The summed E-state index contributed by atoms with van der Waals surface area (Å²) in [5.74, 6) is -0.269. The number of allylic oxidation sites excluding steroid dienone is 1. The van der Waals surface area contributed by atoms with Crippen LogP contribution in [0.4, 0.5) is 5.13 Å². The van der Waals surface area contributed by atoms with Gasteiger partial charge >= 0.3 is 0 Å². The Morgan fingerprint density at radius 1 is 1.26 bits per heavy atom. The van der Waals surface area contributed by atoms with Gasteiger partial charge in [0.1, 0.15) is 16.6 Å². The van der Waals surface area contributed by atoms with E-state index >= 15 is 0 Å². The second-order valence-corrected chi connectivity index (χ2v) is 10.8. The largest absolute Gasteiger partial charge is 0.301 e. The normalized spacial score (nSPS) is 12.5. The van der Waals surface area contributed by atoms with Gasteiger partial charge in [-0.15, -0.1) is 27.0 Å². The van der Waals surface area contributed by atoms with Crippen molar-refractivity contribution in [3.63, 3.8) is 0 Å². The van der Waals surface area contributed by atoms with Gasteiger partial charge < -0.3 is 4.57 Å². The number of benzene rings is 1. The molecule has 1 atom stereocenters. The van der Waals surface area contributed by atoms with Gasteiger partial charge in [0.05, 0.1) is 10.1 Å². The Bertz CT molecular complexity index is 1160. The molecule has 0 saturated heterocycles. The summed E-state index contributed by atoms with van der Waals surface area (Å²) in [5.41, 5.74) is 0. The average molecular weight is 479 g/mol. The van der Waals surface area contributed by atoms with Crippen molar-refractivity contribution in [1.29, 1.82) is 0 Å². The molecule has 1 N–H and O–H groups in total. The smallest absolute Gasteiger partial charge is 0.239 e. The molecule has 3 rings (SSSR count). The minimum absolute atomic E-state index is 0.216. The highest BCUT2D eigenvalue weighted by Gasteiger charge is 2.24. The zero-order valence-corrected chi connectivity index (χ0v) is 19.5. The Balaban J connectivity index is 1.75. The number of nitrogens with one attached hydrogen (secondary N) is 1. The van der Waals surface area contributed by atoms with Crippen LogP contribution in [-0.2, 0) is 33.4 Å². The zero-order valence-electron chi connectivity index (χ0n) is 17.1. The third kappa shape index (κ3) is 5.77. The van der Waals surface area contributed by atoms with Gasteiger partial charge in [-0.05, 0) is 25.5 Å². The van der Waals surface area contributed by atoms with Gasteiger partial charge in [0, 0.05) is 6.54 Å². The van der Waals surface area contributed by atoms with Crippen molar-refractivity contribution in [2.45, 2.75) is 47.9 Å². The van der Waals surface area contributed by atoms with E-state index in [9.17, 15) is 13.2 Å². The molecule has 3 aromatic rings. The number of hydrogen-bond donors (Lipinski definition) is 1. The molecule has 2 aromatic heterocycles. The molecule has 31 heavy (non-hydrogen) atoms. The van der Waals surface area contributed by atoms with Crippen LogP contribution in [0.15, 0.2) is 53.0 Å². The van der Waals surface area contributed by atoms with Crippen molar-refractivity contribution in [3.8, 4) is 0 Å². The van der Waals surface area contributed by atoms with E-state index in [4.69, 9.17) is 0 Å². The average Bonchev–Trinajstić information content (AvgIpc) is 3.36. The molecule has 0 aliphatic heterocycles. The summed E-state index contributed by atoms with van der Waals surface area (Å²) >= 11 is 2.51. The van der Waals surface area contributed by atoms with Crippen LogP contribution < -0.4 is 5.32 Å². The summed E-state index contributed by atoms with van der Waals surface area (Å²) in [6.45, 7) is 7.74. The molecule has 164 valence electrons. The van der Waals surface area contributed by atoms with E-state index in [-0.39, 0.29) is 22.4 Å². The number of sulfone groups is 1. The third-order valence-electron chi connectivity index (χ3n) is 4.18. The third-order valence-corrected chi connectivity index (χ3v) is 7.87. The van der Waals surface area contributed by atoms with Crippen LogP contribution in [0.5, 0.6) is 0 Å². The molecule has 0 spiro atoms. The van der Waals surface area contributed by atoms with E-state index in [0.29, 0.717) is 16.8 Å². The van der Waals surface area contributed by atoms with Gasteiger partial charge in [-0.2, -0.15) is 0 Å². The molecule has 0 aliphatic rings. The topological polar surface area (TPSA) is 120 Å². The molecule has 0 saturated carbocycles. The fourth-order valence-corrected chi connectivity index (χ4v) is 5.42. The molecule has 0 radical (unpaired) electrons. The summed E-state index contributed by atoms with van der Waals surface area (Å²) in [5, 5.41) is 20.1. The maximum absolute atomic E-state index is 12.7. The quantitative estimate of drug-likeness (QED) is 0.349. The molecule has 2 heterocycles. The lowest BCUT2D eigenvalue weighted by Gasteiger charge is -2.12. The standard InChI is InChI=1S/C19H22N6O3S3/c1-4-11-25-15(12-31(27,28)14-9-7-6-8-10-14)21-24-19(25)29-13(3)17(26)20-18-23-22-16(5-2)30-18/h4,6-10,13H,1,5,11-12H2,2-3H3,(H,20,23,26). The van der Waals surface area contributed by atoms with Crippen LogP contribution in [0.1, 0.15) is 24.7 Å². The number of thioether (sulfide) groups is 1. The number of rotatable bonds is 10. The summed E-state index contributed by atoms with van der Waals surface area (Å²) in [6, 6.07) is 8.19. The van der Waals surface area contributed by atoms with E-state index in [1.807, 2.05) is 6.92 Å². The molecule has 1 unspecified atom stereocenters. The second-order valence-electron chi connectivity index (χ2n) is 6.47. The Morgan fingerprint density at radius 2 is 2.00 bits per heavy atom. The predicted octanol–water partition coefficient (Wildman–Crippen LogP) is 2.97. The molecule has 12 heteroatoms. The number of aromatic nitrogens is 5. The lowest BCUT2D eigenvalue weighted by molar-refractivity contribution is -0.115. The highest BCUT2D eigenvalue weighted by molar-refractivity contribution is 8.00. The van der Waals surface area contributed by atoms with Crippen molar-refractivity contribution < 1.29 is 13.2 Å². The van der Waals surface area contributed by atoms with Gasteiger partial charge in [0.25, 0.3) is 0 Å². The molecule has 0 fully saturated rings. The number of anilines is 1. The fourth-order valence-electron chi connectivity index (χ4n) is 2.57. The van der Waals surface area contributed by atoms with Crippen LogP contribution in [0.25, 0.3) is 0 Å².